The molecule has 0 fully saturated rings. The van der Waals surface area contributed by atoms with Gasteiger partial charge in [-0.25, -0.2) is 4.99 Å². The van der Waals surface area contributed by atoms with Gasteiger partial charge >= 0.3 is 10.4 Å². The predicted molar refractivity (Wildman–Crippen MR) is 43.3 cm³/mol. The van der Waals surface area contributed by atoms with E-state index in [4.69, 9.17) is 17.5 Å². The zero-order valence-corrected chi connectivity index (χ0v) is 6.89. The molecule has 0 spiro atoms. The van der Waals surface area contributed by atoms with Crippen molar-refractivity contribution in [3.63, 3.8) is 0 Å². The van der Waals surface area contributed by atoms with Crippen LogP contribution < -0.4 is 5.32 Å². The second-order valence-electron chi connectivity index (χ2n) is 1.45. The summed E-state index contributed by atoms with van der Waals surface area (Å²) in [5.74, 6) is 0. The van der Waals surface area contributed by atoms with Crippen LogP contribution in [0.15, 0.2) is 4.99 Å². The van der Waals surface area contributed by atoms with E-state index in [1.54, 1.807) is 6.21 Å². The highest BCUT2D eigenvalue weighted by atomic mass is 32.3. The summed E-state index contributed by atoms with van der Waals surface area (Å²) in [6, 6.07) is 0. The van der Waals surface area contributed by atoms with E-state index in [0.29, 0.717) is 5.11 Å². The largest absolute Gasteiger partial charge is 0.394 e. The van der Waals surface area contributed by atoms with Crippen molar-refractivity contribution in [2.75, 3.05) is 6.54 Å². The van der Waals surface area contributed by atoms with Crippen LogP contribution in [0.1, 0.15) is 0 Å². The summed E-state index contributed by atoms with van der Waals surface area (Å²) in [7, 11) is -4.67. The fourth-order valence-corrected chi connectivity index (χ4v) is 0.465. The number of nitrogens with one attached hydrogen (secondary N) is 1. The number of nitrogens with zero attached hydrogens (tertiary/aromatic N) is 1. The van der Waals surface area contributed by atoms with Crippen LogP contribution in [0.25, 0.3) is 0 Å². The van der Waals surface area contributed by atoms with E-state index < -0.39 is 10.4 Å². The van der Waals surface area contributed by atoms with Gasteiger partial charge in [0.15, 0.2) is 5.11 Å². The van der Waals surface area contributed by atoms with Crippen molar-refractivity contribution in [2.45, 2.75) is 0 Å². The third kappa shape index (κ3) is 12.6. The molecule has 0 saturated heterocycles. The molecule has 1 heterocycles. The molecule has 0 unspecified atom stereocenters. The molecule has 0 radical (unpaired) electrons. The Balaban J connectivity index is 0.000000187. The first-order valence-corrected chi connectivity index (χ1v) is 4.20. The number of hydrogen-bond acceptors (Lipinski definition) is 3. The topological polar surface area (TPSA) is 99.0 Å². The molecule has 0 atom stereocenters. The molecule has 64 valence electrons. The Hall–Kier alpha value is -0.570. The maximum atomic E-state index is 8.74. The van der Waals surface area contributed by atoms with Gasteiger partial charge in [-0.05, 0) is 12.2 Å². The number of aliphatic imine (C=N–C) groups is 1. The van der Waals surface area contributed by atoms with Crippen molar-refractivity contribution in [1.82, 2.24) is 5.32 Å². The quantitative estimate of drug-likeness (QED) is 0.351. The van der Waals surface area contributed by atoms with Crippen LogP contribution in [0.3, 0.4) is 0 Å². The Labute approximate surface area is 68.9 Å². The molecular formula is C3H6N2O4S2. The molecule has 6 nitrogen and oxygen atoms in total. The molecule has 1 rings (SSSR count). The standard InChI is InChI=1S/C3H4N2S.H2O4S/c6-3-4-1-2-5-3;1-5(2,3)4/h1H,2H2,(H,5,6);(H2,1,2,3,4). The fourth-order valence-electron chi connectivity index (χ4n) is 0.307. The van der Waals surface area contributed by atoms with E-state index >= 15 is 0 Å². The van der Waals surface area contributed by atoms with Crippen molar-refractivity contribution in [1.29, 1.82) is 0 Å². The van der Waals surface area contributed by atoms with Crippen LogP contribution in [-0.2, 0) is 10.4 Å². The SMILES string of the molecule is O=S(=O)(O)O.S=C1N=CCN1. The zero-order valence-electron chi connectivity index (χ0n) is 5.26. The van der Waals surface area contributed by atoms with E-state index in [-0.39, 0.29) is 0 Å². The number of rotatable bonds is 0. The van der Waals surface area contributed by atoms with Crippen molar-refractivity contribution < 1.29 is 17.5 Å². The van der Waals surface area contributed by atoms with Crippen LogP contribution in [0, 0.1) is 0 Å². The second kappa shape index (κ2) is 4.34. The number of hydrogen-bond donors (Lipinski definition) is 3. The normalized spacial score (nSPS) is 15.3. The maximum Gasteiger partial charge on any atom is 0.394 e. The molecule has 3 N–H and O–H groups in total. The summed E-state index contributed by atoms with van der Waals surface area (Å²) in [6.45, 7) is 0.804. The molecule has 11 heavy (non-hydrogen) atoms. The third-order valence-electron chi connectivity index (χ3n) is 0.553. The Morgan fingerprint density at radius 1 is 1.64 bits per heavy atom. The van der Waals surface area contributed by atoms with Gasteiger partial charge in [0.1, 0.15) is 0 Å². The van der Waals surface area contributed by atoms with Crippen molar-refractivity contribution in [3.05, 3.63) is 0 Å². The molecule has 0 amide bonds. The minimum Gasteiger partial charge on any atom is -0.356 e. The minimum absolute atomic E-state index is 0.606. The van der Waals surface area contributed by atoms with Crippen molar-refractivity contribution >= 4 is 33.9 Å². The average molecular weight is 198 g/mol. The van der Waals surface area contributed by atoms with Gasteiger partial charge in [-0.15, -0.1) is 0 Å². The van der Waals surface area contributed by atoms with Gasteiger partial charge in [0, 0.05) is 6.21 Å². The molecule has 0 aromatic heterocycles. The summed E-state index contributed by atoms with van der Waals surface area (Å²) in [4.78, 5) is 3.73. The van der Waals surface area contributed by atoms with Crippen LogP contribution in [0.4, 0.5) is 0 Å². The zero-order chi connectivity index (χ0) is 8.91. The molecule has 1 aliphatic heterocycles. The van der Waals surface area contributed by atoms with Crippen LogP contribution in [0.2, 0.25) is 0 Å². The first-order chi connectivity index (χ1) is 4.89. The summed E-state index contributed by atoms with van der Waals surface area (Å²) in [5.41, 5.74) is 0. The summed E-state index contributed by atoms with van der Waals surface area (Å²) in [6.07, 6.45) is 1.75. The third-order valence-corrected chi connectivity index (χ3v) is 0.803. The highest BCUT2D eigenvalue weighted by molar-refractivity contribution is 7.80. The molecular weight excluding hydrogens is 192 g/mol. The highest BCUT2D eigenvalue weighted by Crippen LogP contribution is 1.77. The lowest BCUT2D eigenvalue weighted by molar-refractivity contribution is 0.381. The molecule has 8 heteroatoms. The second-order valence-corrected chi connectivity index (χ2v) is 2.73. The molecule has 0 aromatic carbocycles. The molecule has 1 aliphatic rings. The summed E-state index contributed by atoms with van der Waals surface area (Å²) < 4.78 is 31.6. The first kappa shape index (κ1) is 10.4. The highest BCUT2D eigenvalue weighted by Gasteiger charge is 1.92. The molecule has 0 aliphatic carbocycles. The van der Waals surface area contributed by atoms with Gasteiger partial charge in [0.2, 0.25) is 0 Å². The van der Waals surface area contributed by atoms with Gasteiger partial charge in [0.25, 0.3) is 0 Å². The van der Waals surface area contributed by atoms with Crippen molar-refractivity contribution in [3.8, 4) is 0 Å². The molecule has 0 saturated carbocycles. The summed E-state index contributed by atoms with van der Waals surface area (Å²) >= 11 is 4.61. The molecule has 0 bridgehead atoms. The predicted octanol–water partition coefficient (Wildman–Crippen LogP) is -0.707. The lowest BCUT2D eigenvalue weighted by Gasteiger charge is -1.82. The summed E-state index contributed by atoms with van der Waals surface area (Å²) in [5, 5.41) is 3.44. The fraction of sp³-hybridized carbons (Fsp3) is 0.333. The van der Waals surface area contributed by atoms with Gasteiger partial charge in [0.05, 0.1) is 6.54 Å². The Morgan fingerprint density at radius 2 is 2.09 bits per heavy atom. The van der Waals surface area contributed by atoms with Gasteiger partial charge in [-0.2, -0.15) is 8.42 Å². The minimum atomic E-state index is -4.67. The Morgan fingerprint density at radius 3 is 2.18 bits per heavy atom. The monoisotopic (exact) mass is 198 g/mol. The van der Waals surface area contributed by atoms with E-state index in [1.165, 1.54) is 0 Å². The lowest BCUT2D eigenvalue weighted by atomic mass is 10.8. The lowest BCUT2D eigenvalue weighted by Crippen LogP contribution is -2.12. The van der Waals surface area contributed by atoms with E-state index in [0.717, 1.165) is 6.54 Å². The van der Waals surface area contributed by atoms with E-state index in [9.17, 15) is 0 Å². The Bertz CT molecular complexity index is 249. The van der Waals surface area contributed by atoms with Crippen LogP contribution in [-0.4, -0.2) is 35.4 Å². The molecule has 0 aromatic rings. The number of thiocarbonyl (C=S) groups is 1. The van der Waals surface area contributed by atoms with Gasteiger partial charge < -0.3 is 5.32 Å². The Kier molecular flexibility index (Phi) is 4.11. The first-order valence-electron chi connectivity index (χ1n) is 2.40. The van der Waals surface area contributed by atoms with E-state index in [2.05, 4.69) is 22.5 Å². The maximum absolute atomic E-state index is 8.74. The van der Waals surface area contributed by atoms with Gasteiger partial charge in [-0.1, -0.05) is 0 Å². The smallest absolute Gasteiger partial charge is 0.356 e. The van der Waals surface area contributed by atoms with Crippen molar-refractivity contribution in [2.24, 2.45) is 4.99 Å². The van der Waals surface area contributed by atoms with Crippen LogP contribution in [0.5, 0.6) is 0 Å². The van der Waals surface area contributed by atoms with Crippen LogP contribution >= 0.6 is 12.2 Å². The van der Waals surface area contributed by atoms with Gasteiger partial charge in [-0.3, -0.25) is 9.11 Å². The van der Waals surface area contributed by atoms with E-state index in [1.807, 2.05) is 0 Å². The average Bonchev–Trinajstić information content (AvgIpc) is 2.12.